The maximum absolute atomic E-state index is 12.9. The van der Waals surface area contributed by atoms with Crippen LogP contribution in [0.3, 0.4) is 0 Å². The van der Waals surface area contributed by atoms with Gasteiger partial charge >= 0.3 is 6.03 Å². The number of sulfonamides is 1. The molecule has 3 aromatic rings. The van der Waals surface area contributed by atoms with Crippen LogP contribution >= 0.6 is 0 Å². The fraction of sp³-hybridized carbons (Fsp3) is 0.269. The smallest absolute Gasteiger partial charge is 0.319 e. The second kappa shape index (κ2) is 10.2. The molecular formula is C26H29N3O3S. The number of nitrogens with zero attached hydrogens (tertiary/aromatic N) is 1. The van der Waals surface area contributed by atoms with Crippen LogP contribution in [0.4, 0.5) is 10.5 Å². The molecule has 0 aromatic heterocycles. The molecule has 0 aliphatic carbocycles. The first-order chi connectivity index (χ1) is 16.0. The van der Waals surface area contributed by atoms with Crippen molar-refractivity contribution in [2.24, 2.45) is 0 Å². The Morgan fingerprint density at radius 3 is 2.18 bits per heavy atom. The fourth-order valence-electron chi connectivity index (χ4n) is 4.18. The Bertz CT molecular complexity index is 1160. The molecule has 0 saturated heterocycles. The van der Waals surface area contributed by atoms with Gasteiger partial charge in [-0.1, -0.05) is 73.7 Å². The van der Waals surface area contributed by atoms with Gasteiger partial charge in [-0.3, -0.25) is 0 Å². The lowest BCUT2D eigenvalue weighted by Gasteiger charge is -2.28. The summed E-state index contributed by atoms with van der Waals surface area (Å²) in [6, 6.07) is 24.8. The predicted molar refractivity (Wildman–Crippen MR) is 132 cm³/mol. The highest BCUT2D eigenvalue weighted by Crippen LogP contribution is 2.26. The standard InChI is InChI=1S/C26H29N3O3S/c1-2-17-33(31,32)29-16-15-20-13-14-24(18-23(20)19-29)27-26(30)28-25(21-9-5-3-6-10-21)22-11-7-4-8-12-22/h3-14,18,25H,2,15-17,19H2,1H3,(H2,27,28,30). The average molecular weight is 464 g/mol. The van der Waals surface area contributed by atoms with Crippen molar-refractivity contribution < 1.29 is 13.2 Å². The summed E-state index contributed by atoms with van der Waals surface area (Å²) >= 11 is 0. The number of carbonyl (C=O) groups excluding carboxylic acids is 1. The Labute approximate surface area is 195 Å². The van der Waals surface area contributed by atoms with Crippen molar-refractivity contribution in [3.8, 4) is 0 Å². The Kier molecular flexibility index (Phi) is 7.11. The summed E-state index contributed by atoms with van der Waals surface area (Å²) in [6.07, 6.45) is 1.27. The fourth-order valence-corrected chi connectivity index (χ4v) is 5.66. The van der Waals surface area contributed by atoms with E-state index in [0.717, 1.165) is 22.3 Å². The Morgan fingerprint density at radius 2 is 1.58 bits per heavy atom. The number of fused-ring (bicyclic) bond motifs is 1. The maximum Gasteiger partial charge on any atom is 0.319 e. The molecule has 1 aliphatic heterocycles. The number of urea groups is 1. The maximum atomic E-state index is 12.9. The van der Waals surface area contributed by atoms with Gasteiger partial charge in [0.2, 0.25) is 10.0 Å². The highest BCUT2D eigenvalue weighted by atomic mass is 32.2. The molecule has 7 heteroatoms. The van der Waals surface area contributed by atoms with Crippen LogP contribution in [0, 0.1) is 0 Å². The minimum absolute atomic E-state index is 0.156. The van der Waals surface area contributed by atoms with Crippen molar-refractivity contribution >= 4 is 21.7 Å². The van der Waals surface area contributed by atoms with Crippen LogP contribution < -0.4 is 10.6 Å². The van der Waals surface area contributed by atoms with Crippen molar-refractivity contribution in [1.82, 2.24) is 9.62 Å². The molecule has 33 heavy (non-hydrogen) atoms. The van der Waals surface area contributed by atoms with E-state index in [2.05, 4.69) is 10.6 Å². The van der Waals surface area contributed by atoms with Gasteiger partial charge in [-0.15, -0.1) is 0 Å². The van der Waals surface area contributed by atoms with E-state index in [0.29, 0.717) is 31.6 Å². The third kappa shape index (κ3) is 5.61. The molecule has 0 saturated carbocycles. The topological polar surface area (TPSA) is 78.5 Å². The lowest BCUT2D eigenvalue weighted by Crippen LogP contribution is -2.37. The lowest BCUT2D eigenvalue weighted by molar-refractivity contribution is 0.250. The third-order valence-corrected chi connectivity index (χ3v) is 7.86. The average Bonchev–Trinajstić information content (AvgIpc) is 2.83. The summed E-state index contributed by atoms with van der Waals surface area (Å²) in [7, 11) is -3.26. The van der Waals surface area contributed by atoms with Crippen molar-refractivity contribution in [1.29, 1.82) is 0 Å². The minimum atomic E-state index is -3.26. The number of anilines is 1. The molecule has 3 aromatic carbocycles. The zero-order chi connectivity index (χ0) is 23.3. The molecular weight excluding hydrogens is 434 g/mol. The predicted octanol–water partition coefficient (Wildman–Crippen LogP) is 4.70. The lowest BCUT2D eigenvalue weighted by atomic mass is 9.99. The molecule has 0 fully saturated rings. The van der Waals surface area contributed by atoms with E-state index in [4.69, 9.17) is 0 Å². The van der Waals surface area contributed by atoms with E-state index in [1.165, 1.54) is 0 Å². The molecule has 2 amide bonds. The van der Waals surface area contributed by atoms with Gasteiger partial charge in [-0.25, -0.2) is 13.2 Å². The second-order valence-corrected chi connectivity index (χ2v) is 10.3. The van der Waals surface area contributed by atoms with Crippen molar-refractivity contribution in [3.63, 3.8) is 0 Å². The van der Waals surface area contributed by atoms with Gasteiger partial charge in [0.1, 0.15) is 0 Å². The summed E-state index contributed by atoms with van der Waals surface area (Å²) in [6.45, 7) is 2.71. The molecule has 0 atom stereocenters. The third-order valence-electron chi connectivity index (χ3n) is 5.84. The number of hydrogen-bond acceptors (Lipinski definition) is 3. The van der Waals surface area contributed by atoms with Crippen LogP contribution in [-0.4, -0.2) is 31.1 Å². The largest absolute Gasteiger partial charge is 0.327 e. The second-order valence-electron chi connectivity index (χ2n) is 8.24. The van der Waals surface area contributed by atoms with E-state index in [1.807, 2.05) is 85.8 Å². The highest BCUT2D eigenvalue weighted by molar-refractivity contribution is 7.89. The molecule has 1 heterocycles. The Balaban J connectivity index is 1.49. The molecule has 172 valence electrons. The minimum Gasteiger partial charge on any atom is -0.327 e. The SMILES string of the molecule is CCCS(=O)(=O)N1CCc2ccc(NC(=O)NC(c3ccccc3)c3ccccc3)cc2C1. The molecule has 0 spiro atoms. The highest BCUT2D eigenvalue weighted by Gasteiger charge is 2.26. The molecule has 4 rings (SSSR count). The quantitative estimate of drug-likeness (QED) is 0.533. The molecule has 2 N–H and O–H groups in total. The van der Waals surface area contributed by atoms with Crippen LogP contribution in [0.1, 0.15) is 41.6 Å². The summed E-state index contributed by atoms with van der Waals surface area (Å²) in [5.41, 5.74) is 4.67. The monoisotopic (exact) mass is 463 g/mol. The zero-order valence-electron chi connectivity index (χ0n) is 18.7. The first kappa shape index (κ1) is 23.0. The number of rotatable bonds is 7. The number of carbonyl (C=O) groups is 1. The molecule has 6 nitrogen and oxygen atoms in total. The molecule has 0 radical (unpaired) electrons. The van der Waals surface area contributed by atoms with Crippen LogP contribution in [0.15, 0.2) is 78.9 Å². The Hall–Kier alpha value is -3.16. The van der Waals surface area contributed by atoms with Gasteiger partial charge in [-0.2, -0.15) is 4.31 Å². The Morgan fingerprint density at radius 1 is 0.939 bits per heavy atom. The number of amides is 2. The molecule has 1 aliphatic rings. The van der Waals surface area contributed by atoms with E-state index < -0.39 is 10.0 Å². The van der Waals surface area contributed by atoms with Crippen molar-refractivity contribution in [2.45, 2.75) is 32.4 Å². The van der Waals surface area contributed by atoms with Gasteiger partial charge in [0.15, 0.2) is 0 Å². The van der Waals surface area contributed by atoms with Gasteiger partial charge in [0, 0.05) is 18.8 Å². The van der Waals surface area contributed by atoms with Gasteiger partial charge in [-0.05, 0) is 47.2 Å². The number of benzene rings is 3. The number of hydrogen-bond donors (Lipinski definition) is 2. The summed E-state index contributed by atoms with van der Waals surface area (Å²) in [5, 5.41) is 5.99. The van der Waals surface area contributed by atoms with Gasteiger partial charge < -0.3 is 10.6 Å². The molecule has 0 bridgehead atoms. The van der Waals surface area contributed by atoms with Crippen LogP contribution in [-0.2, 0) is 23.0 Å². The van der Waals surface area contributed by atoms with Crippen molar-refractivity contribution in [3.05, 3.63) is 101 Å². The first-order valence-electron chi connectivity index (χ1n) is 11.2. The zero-order valence-corrected chi connectivity index (χ0v) is 19.5. The van der Waals surface area contributed by atoms with Gasteiger partial charge in [0.25, 0.3) is 0 Å². The van der Waals surface area contributed by atoms with E-state index in [9.17, 15) is 13.2 Å². The van der Waals surface area contributed by atoms with E-state index >= 15 is 0 Å². The summed E-state index contributed by atoms with van der Waals surface area (Å²) < 4.78 is 26.5. The number of nitrogens with one attached hydrogen (secondary N) is 2. The summed E-state index contributed by atoms with van der Waals surface area (Å²) in [5.74, 6) is 0.156. The van der Waals surface area contributed by atoms with Crippen LogP contribution in [0.5, 0.6) is 0 Å². The van der Waals surface area contributed by atoms with E-state index in [-0.39, 0.29) is 17.8 Å². The summed E-state index contributed by atoms with van der Waals surface area (Å²) in [4.78, 5) is 12.9. The van der Waals surface area contributed by atoms with Crippen LogP contribution in [0.25, 0.3) is 0 Å². The van der Waals surface area contributed by atoms with Crippen LogP contribution in [0.2, 0.25) is 0 Å². The van der Waals surface area contributed by atoms with Gasteiger partial charge in [0.05, 0.1) is 11.8 Å². The van der Waals surface area contributed by atoms with E-state index in [1.54, 1.807) is 4.31 Å². The van der Waals surface area contributed by atoms with Crippen molar-refractivity contribution in [2.75, 3.05) is 17.6 Å². The normalized spacial score (nSPS) is 14.0. The molecule has 0 unspecified atom stereocenters. The first-order valence-corrected chi connectivity index (χ1v) is 12.8.